The van der Waals surface area contributed by atoms with E-state index in [0.29, 0.717) is 11.3 Å². The van der Waals surface area contributed by atoms with Gasteiger partial charge in [-0.3, -0.25) is 4.55 Å². The Bertz CT molecular complexity index is 433. The Balaban J connectivity index is 3.09. The summed E-state index contributed by atoms with van der Waals surface area (Å²) in [6.45, 7) is 3.38. The second-order valence-electron chi connectivity index (χ2n) is 2.94. The summed E-state index contributed by atoms with van der Waals surface area (Å²) in [7, 11) is -2.63. The van der Waals surface area contributed by atoms with Gasteiger partial charge in [0.15, 0.2) is 0 Å². The first-order valence-electron chi connectivity index (χ1n) is 4.22. The summed E-state index contributed by atoms with van der Waals surface area (Å²) in [5, 5.41) is -1.09. The minimum Gasteiger partial charge on any atom is -0.497 e. The third kappa shape index (κ3) is 2.81. The summed E-state index contributed by atoms with van der Waals surface area (Å²) in [6, 6.07) is 6.38. The van der Waals surface area contributed by atoms with Gasteiger partial charge in [0.2, 0.25) is 0 Å². The SMILES string of the molecule is C=CC(c1ccc(OC)cc1)S(=O)(=O)O. The first kappa shape index (κ1) is 11.7. The number of benzene rings is 1. The van der Waals surface area contributed by atoms with Crippen LogP contribution in [0.15, 0.2) is 36.9 Å². The van der Waals surface area contributed by atoms with Crippen molar-refractivity contribution < 1.29 is 17.7 Å². The van der Waals surface area contributed by atoms with Crippen molar-refractivity contribution in [1.82, 2.24) is 0 Å². The molecule has 0 aliphatic heterocycles. The molecule has 0 aliphatic rings. The first-order chi connectivity index (χ1) is 6.99. The van der Waals surface area contributed by atoms with Crippen LogP contribution in [0.3, 0.4) is 0 Å². The number of hydrogen-bond acceptors (Lipinski definition) is 3. The Labute approximate surface area is 88.9 Å². The zero-order valence-electron chi connectivity index (χ0n) is 8.25. The zero-order chi connectivity index (χ0) is 11.5. The van der Waals surface area contributed by atoms with Crippen LogP contribution in [0, 0.1) is 0 Å². The molecule has 1 aromatic carbocycles. The van der Waals surface area contributed by atoms with Gasteiger partial charge >= 0.3 is 0 Å². The van der Waals surface area contributed by atoms with Gasteiger partial charge in [0, 0.05) is 0 Å². The Kier molecular flexibility index (Phi) is 3.49. The molecule has 0 aromatic heterocycles. The molecule has 0 fully saturated rings. The lowest BCUT2D eigenvalue weighted by Gasteiger charge is -2.09. The van der Waals surface area contributed by atoms with E-state index in [1.165, 1.54) is 13.2 Å². The predicted octanol–water partition coefficient (Wildman–Crippen LogP) is 1.81. The van der Waals surface area contributed by atoms with Crippen LogP contribution in [-0.4, -0.2) is 20.1 Å². The van der Waals surface area contributed by atoms with E-state index in [1.54, 1.807) is 24.3 Å². The summed E-state index contributed by atoms with van der Waals surface area (Å²) in [4.78, 5) is 0. The molecule has 0 aliphatic carbocycles. The number of hydrogen-bond donors (Lipinski definition) is 1. The highest BCUT2D eigenvalue weighted by molar-refractivity contribution is 7.86. The summed E-state index contributed by atoms with van der Waals surface area (Å²) < 4.78 is 35.8. The van der Waals surface area contributed by atoms with Gasteiger partial charge in [-0.05, 0) is 17.7 Å². The first-order valence-corrected chi connectivity index (χ1v) is 5.72. The summed E-state index contributed by atoms with van der Waals surface area (Å²) in [5.74, 6) is 0.622. The lowest BCUT2D eigenvalue weighted by molar-refractivity contribution is 0.414. The molecule has 0 heterocycles. The van der Waals surface area contributed by atoms with Crippen LogP contribution < -0.4 is 4.74 Å². The molecule has 0 saturated heterocycles. The normalized spacial score (nSPS) is 13.2. The lowest BCUT2D eigenvalue weighted by atomic mass is 10.1. The fourth-order valence-electron chi connectivity index (χ4n) is 1.22. The highest BCUT2D eigenvalue weighted by Crippen LogP contribution is 2.24. The molecule has 4 nitrogen and oxygen atoms in total. The van der Waals surface area contributed by atoms with Crippen LogP contribution in [0.5, 0.6) is 5.75 Å². The van der Waals surface area contributed by atoms with Crippen molar-refractivity contribution in [2.75, 3.05) is 7.11 Å². The van der Waals surface area contributed by atoms with Gasteiger partial charge < -0.3 is 4.74 Å². The average Bonchev–Trinajstić information content (AvgIpc) is 2.18. The Morgan fingerprint density at radius 1 is 1.40 bits per heavy atom. The number of ether oxygens (including phenoxy) is 1. The van der Waals surface area contributed by atoms with Crippen LogP contribution in [0.1, 0.15) is 10.8 Å². The Morgan fingerprint density at radius 3 is 2.27 bits per heavy atom. The fraction of sp³-hybridized carbons (Fsp3) is 0.200. The third-order valence-electron chi connectivity index (χ3n) is 1.98. The van der Waals surface area contributed by atoms with Gasteiger partial charge in [-0.15, -0.1) is 6.58 Å². The van der Waals surface area contributed by atoms with E-state index in [0.717, 1.165) is 0 Å². The van der Waals surface area contributed by atoms with Crippen LogP contribution in [0.2, 0.25) is 0 Å². The molecule has 1 aromatic rings. The monoisotopic (exact) mass is 228 g/mol. The second-order valence-corrected chi connectivity index (χ2v) is 4.48. The third-order valence-corrected chi connectivity index (χ3v) is 3.09. The maximum Gasteiger partial charge on any atom is 0.275 e. The molecule has 0 spiro atoms. The van der Waals surface area contributed by atoms with E-state index in [4.69, 9.17) is 9.29 Å². The van der Waals surface area contributed by atoms with Gasteiger partial charge in [0.05, 0.1) is 7.11 Å². The summed E-state index contributed by atoms with van der Waals surface area (Å²) in [5.41, 5.74) is 0.452. The van der Waals surface area contributed by atoms with Gasteiger partial charge in [-0.25, -0.2) is 0 Å². The predicted molar refractivity (Wildman–Crippen MR) is 57.5 cm³/mol. The fourth-order valence-corrected chi connectivity index (χ4v) is 1.97. The maximum absolute atomic E-state index is 11.0. The smallest absolute Gasteiger partial charge is 0.275 e. The van der Waals surface area contributed by atoms with E-state index < -0.39 is 15.4 Å². The van der Waals surface area contributed by atoms with Crippen LogP contribution in [-0.2, 0) is 10.1 Å². The molecule has 0 radical (unpaired) electrons. The van der Waals surface area contributed by atoms with Crippen molar-refractivity contribution in [2.24, 2.45) is 0 Å². The molecule has 1 N–H and O–H groups in total. The average molecular weight is 228 g/mol. The van der Waals surface area contributed by atoms with Gasteiger partial charge in [0.1, 0.15) is 11.0 Å². The van der Waals surface area contributed by atoms with E-state index in [1.807, 2.05) is 0 Å². The number of methoxy groups -OCH3 is 1. The largest absolute Gasteiger partial charge is 0.497 e. The number of rotatable bonds is 4. The van der Waals surface area contributed by atoms with E-state index in [9.17, 15) is 8.42 Å². The molecule has 82 valence electrons. The Hall–Kier alpha value is -1.33. The molecule has 15 heavy (non-hydrogen) atoms. The molecule has 0 bridgehead atoms. The molecule has 0 amide bonds. The molecule has 5 heteroatoms. The van der Waals surface area contributed by atoms with Crippen LogP contribution >= 0.6 is 0 Å². The minimum atomic E-state index is -4.15. The van der Waals surface area contributed by atoms with Crippen molar-refractivity contribution in [3.8, 4) is 5.75 Å². The highest BCUT2D eigenvalue weighted by atomic mass is 32.2. The Morgan fingerprint density at radius 2 is 1.93 bits per heavy atom. The summed E-state index contributed by atoms with van der Waals surface area (Å²) in [6.07, 6.45) is 1.18. The van der Waals surface area contributed by atoms with Crippen LogP contribution in [0.4, 0.5) is 0 Å². The molecular formula is C10H12O4S. The lowest BCUT2D eigenvalue weighted by Crippen LogP contribution is -2.09. The standard InChI is InChI=1S/C10H12O4S/c1-3-10(15(11,12)13)8-4-6-9(14-2)7-5-8/h3-7,10H,1H2,2H3,(H,11,12,13). The van der Waals surface area contributed by atoms with Gasteiger partial charge in [-0.2, -0.15) is 8.42 Å². The van der Waals surface area contributed by atoms with Crippen molar-refractivity contribution in [1.29, 1.82) is 0 Å². The molecular weight excluding hydrogens is 216 g/mol. The second kappa shape index (κ2) is 4.46. The van der Waals surface area contributed by atoms with Crippen molar-refractivity contribution in [3.63, 3.8) is 0 Å². The zero-order valence-corrected chi connectivity index (χ0v) is 9.07. The van der Waals surface area contributed by atoms with Gasteiger partial charge in [0.25, 0.3) is 10.1 Å². The van der Waals surface area contributed by atoms with E-state index >= 15 is 0 Å². The molecule has 1 atom stereocenters. The minimum absolute atomic E-state index is 0.452. The van der Waals surface area contributed by atoms with Gasteiger partial charge in [-0.1, -0.05) is 18.2 Å². The highest BCUT2D eigenvalue weighted by Gasteiger charge is 2.21. The maximum atomic E-state index is 11.0. The van der Waals surface area contributed by atoms with Crippen LogP contribution in [0.25, 0.3) is 0 Å². The summed E-state index contributed by atoms with van der Waals surface area (Å²) >= 11 is 0. The van der Waals surface area contributed by atoms with E-state index in [-0.39, 0.29) is 0 Å². The van der Waals surface area contributed by atoms with Crippen molar-refractivity contribution in [2.45, 2.75) is 5.25 Å². The topological polar surface area (TPSA) is 63.6 Å². The molecule has 0 saturated carbocycles. The van der Waals surface area contributed by atoms with Crippen molar-refractivity contribution >= 4 is 10.1 Å². The quantitative estimate of drug-likeness (QED) is 0.630. The van der Waals surface area contributed by atoms with E-state index in [2.05, 4.69) is 6.58 Å². The molecule has 1 rings (SSSR count). The van der Waals surface area contributed by atoms with Crippen molar-refractivity contribution in [3.05, 3.63) is 42.5 Å². The molecule has 1 unspecified atom stereocenters.